The molecule has 0 heterocycles. The summed E-state index contributed by atoms with van der Waals surface area (Å²) in [4.78, 5) is 2.59. The Kier molecular flexibility index (Phi) is 3.93. The molecule has 0 aromatic heterocycles. The molecule has 0 amide bonds. The summed E-state index contributed by atoms with van der Waals surface area (Å²) in [5.41, 5.74) is 1.87. The van der Waals surface area contributed by atoms with Crippen LogP contribution in [0.4, 0.5) is 0 Å². The summed E-state index contributed by atoms with van der Waals surface area (Å²) in [7, 11) is 1.63. The molecule has 0 aliphatic heterocycles. The van der Waals surface area contributed by atoms with E-state index in [4.69, 9.17) is 10.00 Å². The van der Waals surface area contributed by atoms with Crippen LogP contribution in [0.2, 0.25) is 0 Å². The Morgan fingerprint density at radius 3 is 2.35 bits per heavy atom. The van der Waals surface area contributed by atoms with E-state index in [2.05, 4.69) is 17.0 Å². The van der Waals surface area contributed by atoms with Crippen molar-refractivity contribution in [3.05, 3.63) is 29.3 Å². The Morgan fingerprint density at radius 1 is 1.20 bits per heavy atom. The lowest BCUT2D eigenvalue weighted by Gasteiger charge is -2.22. The van der Waals surface area contributed by atoms with Gasteiger partial charge in [0.2, 0.25) is 0 Å². The van der Waals surface area contributed by atoms with Crippen LogP contribution in [0.5, 0.6) is 5.75 Å². The van der Waals surface area contributed by atoms with E-state index in [1.807, 2.05) is 12.1 Å². The molecule has 0 saturated heterocycles. The van der Waals surface area contributed by atoms with Crippen molar-refractivity contribution < 1.29 is 4.74 Å². The van der Waals surface area contributed by atoms with Crippen molar-refractivity contribution in [3.8, 4) is 11.8 Å². The quantitative estimate of drug-likeness (QED) is 0.763. The van der Waals surface area contributed by atoms with Crippen LogP contribution in [0.25, 0.3) is 0 Å². The first-order valence-electron chi connectivity index (χ1n) is 7.58. The molecule has 2 aliphatic rings. The molecule has 2 aliphatic carbocycles. The summed E-state index contributed by atoms with van der Waals surface area (Å²) in [5, 5.41) is 9.04. The van der Waals surface area contributed by atoms with Crippen LogP contribution in [-0.4, -0.2) is 25.1 Å². The minimum Gasteiger partial charge on any atom is -0.495 e. The predicted octanol–water partition coefficient (Wildman–Crippen LogP) is 3.19. The van der Waals surface area contributed by atoms with Gasteiger partial charge >= 0.3 is 0 Å². The van der Waals surface area contributed by atoms with E-state index >= 15 is 0 Å². The number of ether oxygens (including phenoxy) is 1. The van der Waals surface area contributed by atoms with E-state index in [1.165, 1.54) is 44.3 Å². The van der Waals surface area contributed by atoms with E-state index in [0.717, 1.165) is 18.4 Å². The van der Waals surface area contributed by atoms with E-state index in [-0.39, 0.29) is 0 Å². The van der Waals surface area contributed by atoms with Gasteiger partial charge in [-0.05, 0) is 55.2 Å². The predicted molar refractivity (Wildman–Crippen MR) is 78.4 cm³/mol. The van der Waals surface area contributed by atoms with Crippen LogP contribution in [0.15, 0.2) is 18.2 Å². The first-order valence-corrected chi connectivity index (χ1v) is 7.58. The van der Waals surface area contributed by atoms with Crippen molar-refractivity contribution in [1.29, 1.82) is 5.26 Å². The van der Waals surface area contributed by atoms with Gasteiger partial charge in [0.05, 0.1) is 12.7 Å². The molecule has 106 valence electrons. The summed E-state index contributed by atoms with van der Waals surface area (Å²) in [6.45, 7) is 3.45. The Hall–Kier alpha value is -1.53. The summed E-state index contributed by atoms with van der Waals surface area (Å²) in [5.74, 6) is 2.55. The molecule has 2 fully saturated rings. The monoisotopic (exact) mass is 270 g/mol. The van der Waals surface area contributed by atoms with Gasteiger partial charge in [-0.3, -0.25) is 4.90 Å². The number of nitrogens with zero attached hydrogens (tertiary/aromatic N) is 2. The van der Waals surface area contributed by atoms with Gasteiger partial charge in [0.25, 0.3) is 0 Å². The summed E-state index contributed by atoms with van der Waals surface area (Å²) < 4.78 is 5.30. The second kappa shape index (κ2) is 5.85. The van der Waals surface area contributed by atoms with Gasteiger partial charge < -0.3 is 4.74 Å². The normalized spacial score (nSPS) is 18.1. The Morgan fingerprint density at radius 2 is 1.85 bits per heavy atom. The molecular weight excluding hydrogens is 248 g/mol. The molecule has 0 atom stereocenters. The fraction of sp³-hybridized carbons (Fsp3) is 0.588. The SMILES string of the molecule is COc1cc(CN(CC2CC2)CC2CC2)ccc1C#N. The maximum atomic E-state index is 9.04. The number of hydrogen-bond donors (Lipinski definition) is 0. The van der Waals surface area contributed by atoms with Crippen molar-refractivity contribution >= 4 is 0 Å². The van der Waals surface area contributed by atoms with Gasteiger partial charge in [0.1, 0.15) is 11.8 Å². The molecule has 0 radical (unpaired) electrons. The van der Waals surface area contributed by atoms with E-state index in [0.29, 0.717) is 11.3 Å². The van der Waals surface area contributed by atoms with Crippen LogP contribution in [-0.2, 0) is 6.54 Å². The van der Waals surface area contributed by atoms with Gasteiger partial charge in [0.15, 0.2) is 0 Å². The first kappa shape index (κ1) is 13.5. The zero-order valence-electron chi connectivity index (χ0n) is 12.1. The zero-order valence-corrected chi connectivity index (χ0v) is 12.1. The lowest BCUT2D eigenvalue weighted by atomic mass is 10.1. The third kappa shape index (κ3) is 3.52. The second-order valence-corrected chi connectivity index (χ2v) is 6.23. The Bertz CT molecular complexity index is 498. The van der Waals surface area contributed by atoms with E-state index in [1.54, 1.807) is 7.11 Å². The minimum absolute atomic E-state index is 0.618. The van der Waals surface area contributed by atoms with Crippen LogP contribution in [0, 0.1) is 23.2 Å². The molecular formula is C17H22N2O. The highest BCUT2D eigenvalue weighted by Gasteiger charge is 2.29. The lowest BCUT2D eigenvalue weighted by Crippen LogP contribution is -2.27. The third-order valence-electron chi connectivity index (χ3n) is 4.22. The summed E-state index contributed by atoms with van der Waals surface area (Å²) >= 11 is 0. The van der Waals surface area contributed by atoms with Crippen LogP contribution < -0.4 is 4.74 Å². The molecule has 2 saturated carbocycles. The first-order chi connectivity index (χ1) is 9.78. The molecule has 0 spiro atoms. The molecule has 20 heavy (non-hydrogen) atoms. The maximum absolute atomic E-state index is 9.04. The number of nitriles is 1. The highest BCUT2D eigenvalue weighted by Crippen LogP contribution is 2.34. The number of rotatable bonds is 7. The topological polar surface area (TPSA) is 36.3 Å². The van der Waals surface area contributed by atoms with Gasteiger partial charge in [-0.2, -0.15) is 5.26 Å². The highest BCUT2D eigenvalue weighted by atomic mass is 16.5. The number of methoxy groups -OCH3 is 1. The minimum atomic E-state index is 0.618. The van der Waals surface area contributed by atoms with Crippen molar-refractivity contribution in [2.45, 2.75) is 32.2 Å². The number of hydrogen-bond acceptors (Lipinski definition) is 3. The second-order valence-electron chi connectivity index (χ2n) is 6.23. The summed E-state index contributed by atoms with van der Waals surface area (Å²) in [6.07, 6.45) is 5.60. The molecule has 3 heteroatoms. The van der Waals surface area contributed by atoms with Crippen molar-refractivity contribution in [2.75, 3.05) is 20.2 Å². The molecule has 0 unspecified atom stereocenters. The zero-order chi connectivity index (χ0) is 13.9. The Balaban J connectivity index is 1.68. The van der Waals surface area contributed by atoms with Gasteiger partial charge in [-0.1, -0.05) is 6.07 Å². The molecule has 0 bridgehead atoms. The van der Waals surface area contributed by atoms with E-state index < -0.39 is 0 Å². The average molecular weight is 270 g/mol. The fourth-order valence-electron chi connectivity index (χ4n) is 2.72. The maximum Gasteiger partial charge on any atom is 0.136 e. The molecule has 1 aromatic carbocycles. The van der Waals surface area contributed by atoms with Crippen LogP contribution in [0.1, 0.15) is 36.8 Å². The fourth-order valence-corrected chi connectivity index (χ4v) is 2.72. The smallest absolute Gasteiger partial charge is 0.136 e. The largest absolute Gasteiger partial charge is 0.495 e. The van der Waals surface area contributed by atoms with Crippen molar-refractivity contribution in [2.24, 2.45) is 11.8 Å². The van der Waals surface area contributed by atoms with Gasteiger partial charge in [-0.25, -0.2) is 0 Å². The van der Waals surface area contributed by atoms with Gasteiger partial charge in [0, 0.05) is 19.6 Å². The van der Waals surface area contributed by atoms with Crippen molar-refractivity contribution in [1.82, 2.24) is 4.90 Å². The van der Waals surface area contributed by atoms with Crippen LogP contribution in [0.3, 0.4) is 0 Å². The number of benzene rings is 1. The average Bonchev–Trinajstić information content (AvgIpc) is 3.35. The molecule has 1 aromatic rings. The molecule has 3 nitrogen and oxygen atoms in total. The highest BCUT2D eigenvalue weighted by molar-refractivity contribution is 5.45. The lowest BCUT2D eigenvalue weighted by molar-refractivity contribution is 0.244. The molecule has 3 rings (SSSR count). The standard InChI is InChI=1S/C17H22N2O/c1-20-17-8-15(6-7-16(17)9-18)12-19(10-13-2-3-13)11-14-4-5-14/h6-8,13-14H,2-5,10-12H2,1H3. The summed E-state index contributed by atoms with van der Waals surface area (Å²) in [6, 6.07) is 8.13. The third-order valence-corrected chi connectivity index (χ3v) is 4.22. The Labute approximate surface area is 121 Å². The van der Waals surface area contributed by atoms with E-state index in [9.17, 15) is 0 Å². The van der Waals surface area contributed by atoms with Crippen LogP contribution >= 0.6 is 0 Å². The van der Waals surface area contributed by atoms with Gasteiger partial charge in [-0.15, -0.1) is 0 Å². The molecule has 0 N–H and O–H groups in total. The van der Waals surface area contributed by atoms with Crippen molar-refractivity contribution in [3.63, 3.8) is 0 Å².